The van der Waals surface area contributed by atoms with Gasteiger partial charge in [-0.1, -0.05) is 0 Å². The Morgan fingerprint density at radius 1 is 1.22 bits per heavy atom. The van der Waals surface area contributed by atoms with Gasteiger partial charge in [0.25, 0.3) is 0 Å². The molecule has 98 valence electrons. The van der Waals surface area contributed by atoms with Gasteiger partial charge in [-0.25, -0.2) is 4.79 Å². The van der Waals surface area contributed by atoms with Crippen molar-refractivity contribution in [3.63, 3.8) is 0 Å². The number of ether oxygens (including phenoxy) is 3. The molecule has 0 saturated carbocycles. The van der Waals surface area contributed by atoms with E-state index in [0.29, 0.717) is 17.8 Å². The summed E-state index contributed by atoms with van der Waals surface area (Å²) in [5.41, 5.74) is 0.236. The van der Waals surface area contributed by atoms with E-state index in [4.69, 9.17) is 9.47 Å². The minimum absolute atomic E-state index is 0.106. The molecule has 6 nitrogen and oxygen atoms in total. The first-order valence-electron chi connectivity index (χ1n) is 5.06. The van der Waals surface area contributed by atoms with Gasteiger partial charge in [-0.15, -0.1) is 0 Å². The number of hydrogen-bond acceptors (Lipinski definition) is 6. The molecule has 1 aromatic rings. The Kier molecular flexibility index (Phi) is 4.67. The van der Waals surface area contributed by atoms with E-state index >= 15 is 0 Å². The summed E-state index contributed by atoms with van der Waals surface area (Å²) in [4.78, 5) is 22.2. The summed E-state index contributed by atoms with van der Waals surface area (Å²) >= 11 is 0. The molecular formula is C12H14O6. The number of carbonyl (C=O) groups excluding carboxylic acids is 2. The van der Waals surface area contributed by atoms with Gasteiger partial charge in [0.05, 0.1) is 21.3 Å². The highest BCUT2D eigenvalue weighted by atomic mass is 16.5. The zero-order valence-corrected chi connectivity index (χ0v) is 10.3. The van der Waals surface area contributed by atoms with Gasteiger partial charge >= 0.3 is 5.97 Å². The topological polar surface area (TPSA) is 82.1 Å². The monoisotopic (exact) mass is 254 g/mol. The van der Waals surface area contributed by atoms with Crippen LogP contribution in [0.15, 0.2) is 12.1 Å². The van der Waals surface area contributed by atoms with Crippen LogP contribution in [0, 0.1) is 0 Å². The van der Waals surface area contributed by atoms with Crippen LogP contribution in [0.5, 0.6) is 11.5 Å². The number of methoxy groups -OCH3 is 3. The molecule has 0 heterocycles. The number of rotatable bonds is 5. The van der Waals surface area contributed by atoms with E-state index in [1.807, 2.05) is 0 Å². The number of aldehydes is 1. The molecule has 6 heteroatoms. The first-order valence-corrected chi connectivity index (χ1v) is 5.06. The molecule has 18 heavy (non-hydrogen) atoms. The Morgan fingerprint density at radius 3 is 2.22 bits per heavy atom. The molecule has 1 atom stereocenters. The predicted molar refractivity (Wildman–Crippen MR) is 61.9 cm³/mol. The largest absolute Gasteiger partial charge is 0.493 e. The zero-order valence-electron chi connectivity index (χ0n) is 10.3. The number of carbonyl (C=O) groups is 2. The number of esters is 1. The Bertz CT molecular complexity index is 454. The fraction of sp³-hybridized carbons (Fsp3) is 0.333. The summed E-state index contributed by atoms with van der Waals surface area (Å²) < 4.78 is 14.5. The van der Waals surface area contributed by atoms with E-state index < -0.39 is 12.1 Å². The van der Waals surface area contributed by atoms with E-state index in [1.165, 1.54) is 26.4 Å². The fourth-order valence-corrected chi connectivity index (χ4v) is 1.49. The second-order valence-corrected chi connectivity index (χ2v) is 3.38. The third kappa shape index (κ3) is 2.60. The van der Waals surface area contributed by atoms with Gasteiger partial charge in [-0.2, -0.15) is 0 Å². The van der Waals surface area contributed by atoms with Gasteiger partial charge in [0, 0.05) is 11.1 Å². The van der Waals surface area contributed by atoms with Gasteiger partial charge in [0.15, 0.2) is 23.9 Å². The maximum Gasteiger partial charge on any atom is 0.339 e. The second kappa shape index (κ2) is 6.02. The first kappa shape index (κ1) is 14.0. The van der Waals surface area contributed by atoms with Gasteiger partial charge in [-0.3, -0.25) is 4.79 Å². The summed E-state index contributed by atoms with van der Waals surface area (Å²) in [6.45, 7) is 0. The molecule has 0 radical (unpaired) electrons. The van der Waals surface area contributed by atoms with Crippen molar-refractivity contribution in [1.29, 1.82) is 0 Å². The lowest BCUT2D eigenvalue weighted by molar-refractivity contribution is -0.150. The van der Waals surface area contributed by atoms with Crippen molar-refractivity contribution in [2.24, 2.45) is 0 Å². The van der Waals surface area contributed by atoms with E-state index in [9.17, 15) is 14.7 Å². The summed E-state index contributed by atoms with van der Waals surface area (Å²) in [5.74, 6) is -0.216. The van der Waals surface area contributed by atoms with Crippen LogP contribution in [0.4, 0.5) is 0 Å². The second-order valence-electron chi connectivity index (χ2n) is 3.38. The molecule has 0 aromatic heterocycles. The quantitative estimate of drug-likeness (QED) is 0.616. The van der Waals surface area contributed by atoms with Crippen molar-refractivity contribution in [3.05, 3.63) is 23.3 Å². The van der Waals surface area contributed by atoms with Crippen molar-refractivity contribution in [3.8, 4) is 11.5 Å². The zero-order chi connectivity index (χ0) is 13.7. The minimum Gasteiger partial charge on any atom is -0.493 e. The Balaban J connectivity index is 3.33. The van der Waals surface area contributed by atoms with Crippen molar-refractivity contribution in [2.45, 2.75) is 6.10 Å². The van der Waals surface area contributed by atoms with Crippen LogP contribution in [0.25, 0.3) is 0 Å². The summed E-state index contributed by atoms with van der Waals surface area (Å²) in [6, 6.07) is 2.75. The summed E-state index contributed by atoms with van der Waals surface area (Å²) in [7, 11) is 3.97. The number of benzene rings is 1. The molecule has 0 fully saturated rings. The SMILES string of the molecule is COC(=O)C(O)c1cc(OC)c(OC)cc1C=O. The molecule has 0 aliphatic heterocycles. The molecule has 1 rings (SSSR count). The number of hydrogen-bond donors (Lipinski definition) is 1. The summed E-state index contributed by atoms with van der Waals surface area (Å²) in [5, 5.41) is 9.75. The van der Waals surface area contributed by atoms with E-state index in [-0.39, 0.29) is 11.1 Å². The molecule has 0 bridgehead atoms. The molecule has 0 amide bonds. The maximum atomic E-state index is 11.3. The van der Waals surface area contributed by atoms with Gasteiger partial charge in [-0.05, 0) is 12.1 Å². The third-order valence-corrected chi connectivity index (χ3v) is 2.44. The predicted octanol–water partition coefficient (Wildman–Crippen LogP) is 0.723. The lowest BCUT2D eigenvalue weighted by Crippen LogP contribution is -2.15. The molecule has 0 aliphatic rings. The van der Waals surface area contributed by atoms with E-state index in [0.717, 1.165) is 7.11 Å². The minimum atomic E-state index is -1.55. The molecular weight excluding hydrogens is 240 g/mol. The van der Waals surface area contributed by atoms with Crippen LogP contribution in [-0.2, 0) is 9.53 Å². The lowest BCUT2D eigenvalue weighted by Gasteiger charge is -2.14. The first-order chi connectivity index (χ1) is 8.58. The van der Waals surface area contributed by atoms with Gasteiger partial charge < -0.3 is 19.3 Å². The van der Waals surface area contributed by atoms with Crippen LogP contribution in [0.1, 0.15) is 22.0 Å². The van der Waals surface area contributed by atoms with Gasteiger partial charge in [0.2, 0.25) is 0 Å². The smallest absolute Gasteiger partial charge is 0.339 e. The molecule has 0 aliphatic carbocycles. The Hall–Kier alpha value is -2.08. The lowest BCUT2D eigenvalue weighted by atomic mass is 10.0. The van der Waals surface area contributed by atoms with Crippen LogP contribution in [-0.4, -0.2) is 38.7 Å². The number of aliphatic hydroxyl groups is 1. The number of aliphatic hydroxyl groups excluding tert-OH is 1. The highest BCUT2D eigenvalue weighted by Crippen LogP contribution is 2.32. The van der Waals surface area contributed by atoms with E-state index in [2.05, 4.69) is 4.74 Å². The van der Waals surface area contributed by atoms with Crippen molar-refractivity contribution in [2.75, 3.05) is 21.3 Å². The average Bonchev–Trinajstić information content (AvgIpc) is 2.43. The Labute approximate surface area is 104 Å². The average molecular weight is 254 g/mol. The fourth-order valence-electron chi connectivity index (χ4n) is 1.49. The maximum absolute atomic E-state index is 11.3. The highest BCUT2D eigenvalue weighted by molar-refractivity contribution is 5.85. The van der Waals surface area contributed by atoms with Crippen molar-refractivity contribution in [1.82, 2.24) is 0 Å². The van der Waals surface area contributed by atoms with Crippen LogP contribution < -0.4 is 9.47 Å². The highest BCUT2D eigenvalue weighted by Gasteiger charge is 2.23. The summed E-state index contributed by atoms with van der Waals surface area (Å²) in [6.07, 6.45) is -1.03. The third-order valence-electron chi connectivity index (χ3n) is 2.44. The van der Waals surface area contributed by atoms with Crippen LogP contribution >= 0.6 is 0 Å². The van der Waals surface area contributed by atoms with Crippen molar-refractivity contribution < 1.29 is 28.9 Å². The normalized spacial score (nSPS) is 11.6. The molecule has 1 N–H and O–H groups in total. The van der Waals surface area contributed by atoms with Crippen LogP contribution in [0.2, 0.25) is 0 Å². The van der Waals surface area contributed by atoms with Crippen LogP contribution in [0.3, 0.4) is 0 Å². The molecule has 0 saturated heterocycles. The van der Waals surface area contributed by atoms with Crippen molar-refractivity contribution >= 4 is 12.3 Å². The van der Waals surface area contributed by atoms with E-state index in [1.54, 1.807) is 0 Å². The standard InChI is InChI=1S/C12H14O6/c1-16-9-4-7(6-13)8(5-10(9)17-2)11(14)12(15)18-3/h4-6,11,14H,1-3H3. The molecule has 0 spiro atoms. The van der Waals surface area contributed by atoms with Gasteiger partial charge in [0.1, 0.15) is 0 Å². The molecule has 1 aromatic carbocycles. The Morgan fingerprint density at radius 2 is 1.78 bits per heavy atom. The molecule has 1 unspecified atom stereocenters.